The van der Waals surface area contributed by atoms with Crippen molar-refractivity contribution in [1.82, 2.24) is 9.80 Å². The van der Waals surface area contributed by atoms with E-state index in [0.29, 0.717) is 0 Å². The molecule has 136 valence electrons. The van der Waals surface area contributed by atoms with Crippen LogP contribution in [0.3, 0.4) is 0 Å². The van der Waals surface area contributed by atoms with Gasteiger partial charge in [0.2, 0.25) is 0 Å². The molecule has 4 heteroatoms. The van der Waals surface area contributed by atoms with Gasteiger partial charge in [-0.3, -0.25) is 9.69 Å². The van der Waals surface area contributed by atoms with Crippen molar-refractivity contribution in [3.63, 3.8) is 0 Å². The molecule has 0 aromatic heterocycles. The Bertz CT molecular complexity index is 604. The van der Waals surface area contributed by atoms with Gasteiger partial charge in [0.15, 0.2) is 0 Å². The zero-order valence-corrected chi connectivity index (χ0v) is 15.2. The Morgan fingerprint density at radius 1 is 1.04 bits per heavy atom. The van der Waals surface area contributed by atoms with Gasteiger partial charge in [0.1, 0.15) is 12.4 Å². The molecule has 25 heavy (non-hydrogen) atoms. The molecule has 1 saturated carbocycles. The summed E-state index contributed by atoms with van der Waals surface area (Å²) in [5.41, 5.74) is 2.00. The second-order valence-corrected chi connectivity index (χ2v) is 7.91. The number of fused-ring (bicyclic) bond motifs is 1. The zero-order valence-electron chi connectivity index (χ0n) is 15.2. The average Bonchev–Trinajstić information content (AvgIpc) is 3.10. The molecule has 4 nitrogen and oxygen atoms in total. The molecule has 3 aliphatic rings. The molecule has 0 radical (unpaired) electrons. The van der Waals surface area contributed by atoms with Gasteiger partial charge >= 0.3 is 0 Å². The van der Waals surface area contributed by atoms with Crippen LogP contribution in [0.4, 0.5) is 0 Å². The van der Waals surface area contributed by atoms with E-state index in [1.54, 1.807) is 0 Å². The summed E-state index contributed by atoms with van der Waals surface area (Å²) in [6, 6.07) is 6.02. The highest BCUT2D eigenvalue weighted by Crippen LogP contribution is 2.29. The van der Waals surface area contributed by atoms with Crippen LogP contribution in [-0.4, -0.2) is 48.5 Å². The predicted octanol–water partition coefficient (Wildman–Crippen LogP) is 3.70. The summed E-state index contributed by atoms with van der Waals surface area (Å²) in [4.78, 5) is 17.2. The summed E-state index contributed by atoms with van der Waals surface area (Å²) in [6.07, 6.45) is 9.20. The molecule has 1 aromatic carbocycles. The third kappa shape index (κ3) is 4.00. The number of amides is 1. The highest BCUT2D eigenvalue weighted by molar-refractivity contribution is 5.94. The first-order valence-corrected chi connectivity index (χ1v) is 10.1. The molecule has 2 heterocycles. The molecule has 1 saturated heterocycles. The number of carbonyl (C=O) groups excluding carboxylic acids is 1. The maximum absolute atomic E-state index is 12.7. The van der Waals surface area contributed by atoms with Crippen LogP contribution in [0.15, 0.2) is 18.2 Å². The van der Waals surface area contributed by atoms with Gasteiger partial charge in [0, 0.05) is 43.9 Å². The van der Waals surface area contributed by atoms with Crippen LogP contribution in [0.1, 0.15) is 60.9 Å². The minimum absolute atomic E-state index is 0.184. The third-order valence-corrected chi connectivity index (χ3v) is 6.00. The lowest BCUT2D eigenvalue weighted by molar-refractivity contribution is 0.0792. The van der Waals surface area contributed by atoms with Gasteiger partial charge in [-0.1, -0.05) is 19.3 Å². The van der Waals surface area contributed by atoms with Crippen molar-refractivity contribution < 1.29 is 9.53 Å². The standard InChI is InChI=1S/C21H30N2O2/c24-21(23-10-4-5-11-23)18-8-9-20-19(14-18)16-22(12-13-25-20)15-17-6-2-1-3-7-17/h8-9,14,17H,1-7,10-13,15-16H2. The predicted molar refractivity (Wildman–Crippen MR) is 98.9 cm³/mol. The number of carbonyl (C=O) groups is 1. The van der Waals surface area contributed by atoms with Gasteiger partial charge in [-0.05, 0) is 49.8 Å². The fourth-order valence-corrected chi connectivity index (χ4v) is 4.58. The first-order valence-electron chi connectivity index (χ1n) is 10.1. The van der Waals surface area contributed by atoms with Crippen molar-refractivity contribution in [1.29, 1.82) is 0 Å². The Morgan fingerprint density at radius 3 is 2.64 bits per heavy atom. The van der Waals surface area contributed by atoms with E-state index in [1.165, 1.54) is 44.2 Å². The molecule has 1 aliphatic carbocycles. The first-order chi connectivity index (χ1) is 12.3. The second kappa shape index (κ2) is 7.77. The highest BCUT2D eigenvalue weighted by atomic mass is 16.5. The van der Waals surface area contributed by atoms with Crippen molar-refractivity contribution in [3.8, 4) is 5.75 Å². The molecule has 1 amide bonds. The van der Waals surface area contributed by atoms with Crippen molar-refractivity contribution in [2.45, 2.75) is 51.5 Å². The van der Waals surface area contributed by atoms with E-state index in [-0.39, 0.29) is 5.91 Å². The maximum atomic E-state index is 12.7. The lowest BCUT2D eigenvalue weighted by atomic mass is 9.89. The van der Waals surface area contributed by atoms with E-state index < -0.39 is 0 Å². The SMILES string of the molecule is O=C(c1ccc2c(c1)CN(CC1CCCCC1)CCO2)N1CCCC1. The average molecular weight is 342 g/mol. The van der Waals surface area contributed by atoms with E-state index in [1.807, 2.05) is 17.0 Å². The van der Waals surface area contributed by atoms with Crippen molar-refractivity contribution >= 4 is 5.91 Å². The number of ether oxygens (including phenoxy) is 1. The van der Waals surface area contributed by atoms with Crippen LogP contribution in [0.2, 0.25) is 0 Å². The van der Waals surface area contributed by atoms with Gasteiger partial charge in [-0.15, -0.1) is 0 Å². The van der Waals surface area contributed by atoms with Crippen molar-refractivity contribution in [2.75, 3.05) is 32.8 Å². The summed E-state index contributed by atoms with van der Waals surface area (Å²) in [7, 11) is 0. The van der Waals surface area contributed by atoms with E-state index in [4.69, 9.17) is 4.74 Å². The summed E-state index contributed by atoms with van der Waals surface area (Å²) < 4.78 is 5.96. The summed E-state index contributed by atoms with van der Waals surface area (Å²) in [5, 5.41) is 0. The fraction of sp³-hybridized carbons (Fsp3) is 0.667. The minimum atomic E-state index is 0.184. The summed E-state index contributed by atoms with van der Waals surface area (Å²) in [6.45, 7) is 5.63. The van der Waals surface area contributed by atoms with E-state index in [9.17, 15) is 4.79 Å². The smallest absolute Gasteiger partial charge is 0.253 e. The first kappa shape index (κ1) is 16.9. The van der Waals surface area contributed by atoms with Crippen LogP contribution >= 0.6 is 0 Å². The molecule has 0 unspecified atom stereocenters. The molecular weight excluding hydrogens is 312 g/mol. The van der Waals surface area contributed by atoms with Gasteiger partial charge in [0.25, 0.3) is 5.91 Å². The number of nitrogens with zero attached hydrogens (tertiary/aromatic N) is 2. The Labute approximate surface area is 151 Å². The van der Waals surface area contributed by atoms with E-state index in [0.717, 1.165) is 62.9 Å². The minimum Gasteiger partial charge on any atom is -0.492 e. The molecule has 0 bridgehead atoms. The van der Waals surface area contributed by atoms with Gasteiger partial charge in [-0.2, -0.15) is 0 Å². The van der Waals surface area contributed by atoms with Crippen LogP contribution in [0, 0.1) is 5.92 Å². The van der Waals surface area contributed by atoms with E-state index >= 15 is 0 Å². The third-order valence-electron chi connectivity index (χ3n) is 6.00. The van der Waals surface area contributed by atoms with Crippen LogP contribution < -0.4 is 4.74 Å². The molecule has 2 fully saturated rings. The van der Waals surface area contributed by atoms with Crippen molar-refractivity contribution in [2.24, 2.45) is 5.92 Å². The monoisotopic (exact) mass is 342 g/mol. The summed E-state index contributed by atoms with van der Waals surface area (Å²) in [5.74, 6) is 1.98. The molecule has 1 aromatic rings. The zero-order chi connectivity index (χ0) is 17.1. The molecule has 0 atom stereocenters. The maximum Gasteiger partial charge on any atom is 0.253 e. The Morgan fingerprint density at radius 2 is 1.84 bits per heavy atom. The van der Waals surface area contributed by atoms with Crippen LogP contribution in [0.25, 0.3) is 0 Å². The second-order valence-electron chi connectivity index (χ2n) is 7.91. The topological polar surface area (TPSA) is 32.8 Å². The number of likely N-dealkylation sites (tertiary alicyclic amines) is 1. The fourth-order valence-electron chi connectivity index (χ4n) is 4.58. The number of benzene rings is 1. The largest absolute Gasteiger partial charge is 0.492 e. The molecule has 0 N–H and O–H groups in total. The summed E-state index contributed by atoms with van der Waals surface area (Å²) >= 11 is 0. The number of rotatable bonds is 3. The Hall–Kier alpha value is -1.55. The molecule has 4 rings (SSSR count). The van der Waals surface area contributed by atoms with Gasteiger partial charge in [0.05, 0.1) is 0 Å². The van der Waals surface area contributed by atoms with E-state index in [2.05, 4.69) is 11.0 Å². The van der Waals surface area contributed by atoms with Crippen LogP contribution in [0.5, 0.6) is 5.75 Å². The van der Waals surface area contributed by atoms with Crippen LogP contribution in [-0.2, 0) is 6.54 Å². The molecular formula is C21H30N2O2. The Kier molecular flexibility index (Phi) is 5.25. The lowest BCUT2D eigenvalue weighted by Crippen LogP contribution is -2.32. The Balaban J connectivity index is 1.47. The lowest BCUT2D eigenvalue weighted by Gasteiger charge is -2.28. The molecule has 0 spiro atoms. The molecule has 2 aliphatic heterocycles. The van der Waals surface area contributed by atoms with Gasteiger partial charge < -0.3 is 9.64 Å². The number of hydrogen-bond donors (Lipinski definition) is 0. The highest BCUT2D eigenvalue weighted by Gasteiger charge is 2.23. The van der Waals surface area contributed by atoms with Crippen molar-refractivity contribution in [3.05, 3.63) is 29.3 Å². The quantitative estimate of drug-likeness (QED) is 0.840. The van der Waals surface area contributed by atoms with Gasteiger partial charge in [-0.25, -0.2) is 0 Å². The normalized spacial score (nSPS) is 22.3. The number of hydrogen-bond acceptors (Lipinski definition) is 3.